The number of rotatable bonds is 9. The number of anilines is 1. The lowest BCUT2D eigenvalue weighted by Crippen LogP contribution is -2.48. The molecule has 5 rings (SSSR count). The van der Waals surface area contributed by atoms with Gasteiger partial charge in [-0.1, -0.05) is 24.3 Å². The van der Waals surface area contributed by atoms with Gasteiger partial charge in [-0.3, -0.25) is 15.0 Å². The smallest absolute Gasteiger partial charge is 0.284 e. The molecule has 8 nitrogen and oxygen atoms in total. The van der Waals surface area contributed by atoms with E-state index < -0.39 is 0 Å². The van der Waals surface area contributed by atoms with Crippen molar-refractivity contribution in [2.24, 2.45) is 5.92 Å². The number of benzene rings is 2. The number of hydrogen-bond acceptors (Lipinski definition) is 6. The zero-order valence-corrected chi connectivity index (χ0v) is 21.3. The highest BCUT2D eigenvalue weighted by molar-refractivity contribution is 5.94. The molecule has 2 aromatic carbocycles. The molecule has 3 aromatic rings. The number of hydrazine groups is 1. The van der Waals surface area contributed by atoms with Gasteiger partial charge in [-0.15, -0.1) is 0 Å². The molecule has 8 heteroatoms. The first-order valence-corrected chi connectivity index (χ1v) is 13.1. The summed E-state index contributed by atoms with van der Waals surface area (Å²) < 4.78 is 0. The van der Waals surface area contributed by atoms with Crippen molar-refractivity contribution in [3.05, 3.63) is 89.5 Å². The van der Waals surface area contributed by atoms with Crippen LogP contribution in [0.15, 0.2) is 67.1 Å². The molecule has 0 atom stereocenters. The molecule has 1 N–H and O–H groups in total. The van der Waals surface area contributed by atoms with Gasteiger partial charge in [0.15, 0.2) is 0 Å². The van der Waals surface area contributed by atoms with E-state index >= 15 is 0 Å². The Labute approximate surface area is 218 Å². The molecule has 1 aliphatic heterocycles. The number of aromatic nitrogens is 2. The summed E-state index contributed by atoms with van der Waals surface area (Å²) in [5.74, 6) is 0.550. The highest BCUT2D eigenvalue weighted by Gasteiger charge is 2.26. The molecule has 0 radical (unpaired) electrons. The maximum atomic E-state index is 12.8. The lowest BCUT2D eigenvalue weighted by Gasteiger charge is -2.36. The average molecular weight is 499 g/mol. The molecule has 1 saturated heterocycles. The molecular weight excluding hydrogens is 464 g/mol. The van der Waals surface area contributed by atoms with Gasteiger partial charge in [0.1, 0.15) is 12.0 Å². The Morgan fingerprint density at radius 3 is 2.51 bits per heavy atom. The van der Waals surface area contributed by atoms with Crippen molar-refractivity contribution in [2.45, 2.75) is 26.2 Å². The van der Waals surface area contributed by atoms with Gasteiger partial charge in [0.25, 0.3) is 11.8 Å². The minimum Gasteiger partial charge on any atom is -0.368 e. The molecule has 1 aliphatic carbocycles. The third-order valence-electron chi connectivity index (χ3n) is 7.19. The van der Waals surface area contributed by atoms with Crippen molar-refractivity contribution >= 4 is 17.5 Å². The molecule has 192 valence electrons. The van der Waals surface area contributed by atoms with Crippen LogP contribution >= 0.6 is 0 Å². The number of amides is 2. The van der Waals surface area contributed by atoms with Gasteiger partial charge in [-0.05, 0) is 73.6 Å². The summed E-state index contributed by atoms with van der Waals surface area (Å²) in [6.07, 6.45) is 6.25. The minimum atomic E-state index is -0.198. The van der Waals surface area contributed by atoms with Crippen LogP contribution in [-0.4, -0.2) is 71.0 Å². The van der Waals surface area contributed by atoms with Crippen molar-refractivity contribution in [3.8, 4) is 0 Å². The van der Waals surface area contributed by atoms with Gasteiger partial charge in [-0.2, -0.15) is 0 Å². The van der Waals surface area contributed by atoms with Gasteiger partial charge in [0.2, 0.25) is 0 Å². The van der Waals surface area contributed by atoms with E-state index in [0.717, 1.165) is 38.2 Å². The lowest BCUT2D eigenvalue weighted by atomic mass is 10.0. The quantitative estimate of drug-likeness (QED) is 0.456. The predicted molar refractivity (Wildman–Crippen MR) is 143 cm³/mol. The van der Waals surface area contributed by atoms with Crippen molar-refractivity contribution in [2.75, 3.05) is 44.2 Å². The molecule has 2 aliphatic rings. The van der Waals surface area contributed by atoms with E-state index in [1.165, 1.54) is 36.0 Å². The fraction of sp³-hybridized carbons (Fsp3) is 0.379. The van der Waals surface area contributed by atoms with E-state index in [2.05, 4.69) is 45.4 Å². The molecule has 37 heavy (non-hydrogen) atoms. The Hall–Kier alpha value is -3.78. The monoisotopic (exact) mass is 498 g/mol. The zero-order valence-electron chi connectivity index (χ0n) is 21.3. The SMILES string of the molecule is Cc1ccc(N2CCN(C(=O)c3ccccc3)CC2)cc1CCN(CC1CC1)NC(=O)c1ccncn1. The molecule has 1 saturated carbocycles. The summed E-state index contributed by atoms with van der Waals surface area (Å²) in [6.45, 7) is 6.76. The third-order valence-corrected chi connectivity index (χ3v) is 7.19. The summed E-state index contributed by atoms with van der Waals surface area (Å²) in [4.78, 5) is 37.8. The number of carbonyl (C=O) groups excluding carboxylic acids is 2. The molecule has 2 amide bonds. The van der Waals surface area contributed by atoms with Gasteiger partial charge < -0.3 is 9.80 Å². The van der Waals surface area contributed by atoms with E-state index in [-0.39, 0.29) is 11.8 Å². The third kappa shape index (κ3) is 6.51. The van der Waals surface area contributed by atoms with Crippen LogP contribution in [-0.2, 0) is 6.42 Å². The first kappa shape index (κ1) is 24.9. The Kier molecular flexibility index (Phi) is 7.75. The Morgan fingerprint density at radius 1 is 1.03 bits per heavy atom. The van der Waals surface area contributed by atoms with Crippen LogP contribution in [0.5, 0.6) is 0 Å². The van der Waals surface area contributed by atoms with Crippen LogP contribution in [0.2, 0.25) is 0 Å². The van der Waals surface area contributed by atoms with Crippen LogP contribution in [0.4, 0.5) is 5.69 Å². The van der Waals surface area contributed by atoms with Gasteiger partial charge in [0.05, 0.1) is 0 Å². The zero-order chi connectivity index (χ0) is 25.6. The second-order valence-corrected chi connectivity index (χ2v) is 9.93. The molecule has 0 bridgehead atoms. The Balaban J connectivity index is 1.19. The van der Waals surface area contributed by atoms with E-state index in [4.69, 9.17) is 0 Å². The average Bonchev–Trinajstić information content (AvgIpc) is 3.77. The number of hydrogen-bond donors (Lipinski definition) is 1. The van der Waals surface area contributed by atoms with Crippen molar-refractivity contribution in [1.82, 2.24) is 25.3 Å². The molecule has 0 spiro atoms. The predicted octanol–water partition coefficient (Wildman–Crippen LogP) is 3.35. The van der Waals surface area contributed by atoms with Crippen LogP contribution in [0.1, 0.15) is 44.8 Å². The number of piperazine rings is 1. The normalized spacial score (nSPS) is 15.6. The van der Waals surface area contributed by atoms with Gasteiger partial charge in [0, 0.05) is 56.7 Å². The Bertz CT molecular complexity index is 1210. The van der Waals surface area contributed by atoms with Crippen LogP contribution in [0.3, 0.4) is 0 Å². The minimum absolute atomic E-state index is 0.101. The molecule has 2 heterocycles. The maximum absolute atomic E-state index is 12.8. The fourth-order valence-corrected chi connectivity index (χ4v) is 4.74. The van der Waals surface area contributed by atoms with Crippen LogP contribution < -0.4 is 10.3 Å². The lowest BCUT2D eigenvalue weighted by molar-refractivity contribution is 0.0745. The molecule has 0 unspecified atom stereocenters. The van der Waals surface area contributed by atoms with Crippen LogP contribution in [0.25, 0.3) is 0 Å². The second-order valence-electron chi connectivity index (χ2n) is 9.93. The largest absolute Gasteiger partial charge is 0.368 e. The van der Waals surface area contributed by atoms with E-state index in [9.17, 15) is 9.59 Å². The number of aryl methyl sites for hydroxylation is 1. The van der Waals surface area contributed by atoms with Crippen molar-refractivity contribution in [3.63, 3.8) is 0 Å². The molecule has 2 fully saturated rings. The highest BCUT2D eigenvalue weighted by Crippen LogP contribution is 2.29. The van der Waals surface area contributed by atoms with E-state index in [1.807, 2.05) is 40.2 Å². The maximum Gasteiger partial charge on any atom is 0.284 e. The molecule has 1 aromatic heterocycles. The van der Waals surface area contributed by atoms with Gasteiger partial charge >= 0.3 is 0 Å². The van der Waals surface area contributed by atoms with Crippen LogP contribution in [0, 0.1) is 12.8 Å². The fourth-order valence-electron chi connectivity index (χ4n) is 4.74. The second kappa shape index (κ2) is 11.5. The summed E-state index contributed by atoms with van der Waals surface area (Å²) in [5, 5.41) is 2.04. The number of nitrogens with zero attached hydrogens (tertiary/aromatic N) is 5. The summed E-state index contributed by atoms with van der Waals surface area (Å²) in [6, 6.07) is 17.8. The summed E-state index contributed by atoms with van der Waals surface area (Å²) >= 11 is 0. The van der Waals surface area contributed by atoms with E-state index in [1.54, 1.807) is 12.3 Å². The summed E-state index contributed by atoms with van der Waals surface area (Å²) in [5.41, 5.74) is 7.88. The van der Waals surface area contributed by atoms with Crippen molar-refractivity contribution < 1.29 is 9.59 Å². The molecular formula is C29H34N6O2. The number of nitrogens with one attached hydrogen (secondary N) is 1. The first-order chi connectivity index (χ1) is 18.1. The standard InChI is InChI=1S/C29H34N6O2/c1-22-7-10-26(33-15-17-34(18-16-33)29(37)24-5-3-2-4-6-24)19-25(22)12-14-35(20-23-8-9-23)32-28(36)27-11-13-30-21-31-27/h2-7,10-11,13,19,21,23H,8-9,12,14-18,20H2,1H3,(H,32,36). The van der Waals surface area contributed by atoms with Gasteiger partial charge in [-0.25, -0.2) is 15.0 Å². The Morgan fingerprint density at radius 2 is 1.81 bits per heavy atom. The number of carbonyl (C=O) groups is 2. The summed E-state index contributed by atoms with van der Waals surface area (Å²) in [7, 11) is 0. The van der Waals surface area contributed by atoms with E-state index in [0.29, 0.717) is 24.7 Å². The van der Waals surface area contributed by atoms with Crippen molar-refractivity contribution in [1.29, 1.82) is 0 Å². The topological polar surface area (TPSA) is 81.7 Å². The highest BCUT2D eigenvalue weighted by atomic mass is 16.2. The first-order valence-electron chi connectivity index (χ1n) is 13.1.